The molecule has 0 spiro atoms. The van der Waals surface area contributed by atoms with E-state index in [0.717, 1.165) is 17.9 Å². The van der Waals surface area contributed by atoms with Gasteiger partial charge < -0.3 is 5.32 Å². The Bertz CT molecular complexity index is 885. The average Bonchev–Trinajstić information content (AvgIpc) is 3.43. The highest BCUT2D eigenvalue weighted by Gasteiger charge is 2.29. The normalized spacial score (nSPS) is 14.2. The van der Waals surface area contributed by atoms with Crippen molar-refractivity contribution in [3.8, 4) is 11.4 Å². The van der Waals surface area contributed by atoms with Gasteiger partial charge in [0.25, 0.3) is 0 Å². The second kappa shape index (κ2) is 6.64. The van der Waals surface area contributed by atoms with Gasteiger partial charge in [-0.3, -0.25) is 19.1 Å². The molecular formula is C19H21N5O. The molecule has 25 heavy (non-hydrogen) atoms. The van der Waals surface area contributed by atoms with Crippen molar-refractivity contribution in [2.24, 2.45) is 0 Å². The summed E-state index contributed by atoms with van der Waals surface area (Å²) in [6.45, 7) is 3.39. The van der Waals surface area contributed by atoms with Gasteiger partial charge in [-0.05, 0) is 43.7 Å². The number of rotatable bonds is 6. The number of pyridine rings is 2. The van der Waals surface area contributed by atoms with Gasteiger partial charge in [-0.2, -0.15) is 0 Å². The zero-order valence-corrected chi connectivity index (χ0v) is 14.2. The minimum atomic E-state index is -0.0171. The fourth-order valence-electron chi connectivity index (χ4n) is 3.09. The quantitative estimate of drug-likeness (QED) is 0.752. The van der Waals surface area contributed by atoms with Gasteiger partial charge in [0.1, 0.15) is 17.2 Å². The minimum absolute atomic E-state index is 0.0171. The van der Waals surface area contributed by atoms with Gasteiger partial charge in [-0.1, -0.05) is 19.1 Å². The number of nitrogens with one attached hydrogen (secondary N) is 1. The molecule has 1 aliphatic rings. The molecule has 6 nitrogen and oxygen atoms in total. The second-order valence-electron chi connectivity index (χ2n) is 6.30. The number of amides is 1. The van der Waals surface area contributed by atoms with E-state index in [1.54, 1.807) is 6.20 Å². The topological polar surface area (TPSA) is 62.5 Å². The van der Waals surface area contributed by atoms with E-state index >= 15 is 0 Å². The van der Waals surface area contributed by atoms with E-state index in [9.17, 15) is 4.79 Å². The lowest BCUT2D eigenvalue weighted by Crippen LogP contribution is -2.35. The monoisotopic (exact) mass is 335 g/mol. The van der Waals surface area contributed by atoms with Crippen LogP contribution in [0.2, 0.25) is 0 Å². The van der Waals surface area contributed by atoms with Crippen LogP contribution in [0.4, 0.5) is 5.82 Å². The molecule has 0 unspecified atom stereocenters. The van der Waals surface area contributed by atoms with Crippen LogP contribution in [0.5, 0.6) is 0 Å². The first-order valence-electron chi connectivity index (χ1n) is 8.68. The summed E-state index contributed by atoms with van der Waals surface area (Å²) in [4.78, 5) is 23.9. The summed E-state index contributed by atoms with van der Waals surface area (Å²) >= 11 is 0. The van der Waals surface area contributed by atoms with Gasteiger partial charge in [0.2, 0.25) is 5.91 Å². The Hall–Kier alpha value is -2.73. The Morgan fingerprint density at radius 2 is 2.12 bits per heavy atom. The number of anilines is 1. The first kappa shape index (κ1) is 15.8. The molecule has 4 rings (SSSR count). The first-order valence-corrected chi connectivity index (χ1v) is 8.68. The van der Waals surface area contributed by atoms with Crippen molar-refractivity contribution >= 4 is 17.4 Å². The summed E-state index contributed by atoms with van der Waals surface area (Å²) in [5, 5.41) is 3.06. The standard InChI is InChI=1S/C19H21N5O/c1-2-23(14-9-10-14)13-17(25)22-19-18(15-7-3-5-11-20-15)21-16-8-4-6-12-24(16)19/h3-8,11-12,14H,2,9-10,13H2,1H3,(H,22,25). The molecule has 128 valence electrons. The molecule has 1 saturated carbocycles. The SMILES string of the molecule is CCN(CC(=O)Nc1c(-c2ccccn2)nc2ccccn12)C1CC1. The molecule has 3 aromatic rings. The van der Waals surface area contributed by atoms with Crippen LogP contribution in [0.3, 0.4) is 0 Å². The molecule has 0 saturated heterocycles. The van der Waals surface area contributed by atoms with E-state index in [4.69, 9.17) is 0 Å². The predicted molar refractivity (Wildman–Crippen MR) is 97.3 cm³/mol. The molecule has 6 heteroatoms. The van der Waals surface area contributed by atoms with Crippen molar-refractivity contribution in [2.45, 2.75) is 25.8 Å². The second-order valence-corrected chi connectivity index (χ2v) is 6.30. The molecule has 3 heterocycles. The smallest absolute Gasteiger partial charge is 0.239 e. The van der Waals surface area contributed by atoms with E-state index in [1.807, 2.05) is 47.0 Å². The van der Waals surface area contributed by atoms with Crippen LogP contribution < -0.4 is 5.32 Å². The minimum Gasteiger partial charge on any atom is -0.309 e. The Morgan fingerprint density at radius 1 is 1.28 bits per heavy atom. The maximum absolute atomic E-state index is 12.6. The zero-order chi connectivity index (χ0) is 17.2. The largest absolute Gasteiger partial charge is 0.309 e. The van der Waals surface area contributed by atoms with Crippen molar-refractivity contribution in [2.75, 3.05) is 18.4 Å². The summed E-state index contributed by atoms with van der Waals surface area (Å²) < 4.78 is 1.90. The number of aromatic nitrogens is 3. The highest BCUT2D eigenvalue weighted by Crippen LogP contribution is 2.28. The van der Waals surface area contributed by atoms with Crippen LogP contribution in [0.1, 0.15) is 19.8 Å². The van der Waals surface area contributed by atoms with Gasteiger partial charge in [0.15, 0.2) is 0 Å². The van der Waals surface area contributed by atoms with E-state index in [2.05, 4.69) is 27.1 Å². The number of carbonyl (C=O) groups excluding carboxylic acids is 1. The fourth-order valence-corrected chi connectivity index (χ4v) is 3.09. The van der Waals surface area contributed by atoms with Crippen LogP contribution >= 0.6 is 0 Å². The molecule has 0 atom stereocenters. The van der Waals surface area contributed by atoms with Gasteiger partial charge >= 0.3 is 0 Å². The lowest BCUT2D eigenvalue weighted by molar-refractivity contribution is -0.117. The number of hydrogen-bond donors (Lipinski definition) is 1. The van der Waals surface area contributed by atoms with Crippen molar-refractivity contribution in [3.05, 3.63) is 48.8 Å². The van der Waals surface area contributed by atoms with E-state index < -0.39 is 0 Å². The van der Waals surface area contributed by atoms with Gasteiger partial charge in [-0.25, -0.2) is 4.98 Å². The maximum Gasteiger partial charge on any atom is 0.239 e. The van der Waals surface area contributed by atoms with Gasteiger partial charge in [0, 0.05) is 18.4 Å². The number of hydrogen-bond acceptors (Lipinski definition) is 4. The molecular weight excluding hydrogens is 314 g/mol. The Labute approximate surface area is 146 Å². The number of likely N-dealkylation sites (N-methyl/N-ethyl adjacent to an activating group) is 1. The fraction of sp³-hybridized carbons (Fsp3) is 0.316. The average molecular weight is 335 g/mol. The molecule has 0 aromatic carbocycles. The molecule has 3 aromatic heterocycles. The lowest BCUT2D eigenvalue weighted by atomic mass is 10.2. The van der Waals surface area contributed by atoms with Gasteiger partial charge in [0.05, 0.1) is 12.2 Å². The van der Waals surface area contributed by atoms with Crippen LogP contribution in [-0.4, -0.2) is 44.3 Å². The highest BCUT2D eigenvalue weighted by molar-refractivity contribution is 5.95. The van der Waals surface area contributed by atoms with Crippen LogP contribution in [0.25, 0.3) is 17.0 Å². The van der Waals surface area contributed by atoms with Crippen LogP contribution in [0, 0.1) is 0 Å². The van der Waals surface area contributed by atoms with Crippen molar-refractivity contribution < 1.29 is 4.79 Å². The predicted octanol–water partition coefficient (Wildman–Crippen LogP) is 2.82. The molecule has 1 amide bonds. The zero-order valence-electron chi connectivity index (χ0n) is 14.2. The van der Waals surface area contributed by atoms with E-state index in [0.29, 0.717) is 24.1 Å². The number of carbonyl (C=O) groups is 1. The van der Waals surface area contributed by atoms with Crippen molar-refractivity contribution in [1.29, 1.82) is 0 Å². The van der Waals surface area contributed by atoms with Gasteiger partial charge in [-0.15, -0.1) is 0 Å². The molecule has 1 aliphatic carbocycles. The third-order valence-corrected chi connectivity index (χ3v) is 4.51. The molecule has 1 N–H and O–H groups in total. The summed E-state index contributed by atoms with van der Waals surface area (Å²) in [5.41, 5.74) is 2.22. The molecule has 0 radical (unpaired) electrons. The van der Waals surface area contributed by atoms with Crippen molar-refractivity contribution in [1.82, 2.24) is 19.3 Å². The molecule has 0 bridgehead atoms. The highest BCUT2D eigenvalue weighted by atomic mass is 16.2. The maximum atomic E-state index is 12.6. The van der Waals surface area contributed by atoms with Crippen LogP contribution in [0.15, 0.2) is 48.8 Å². The van der Waals surface area contributed by atoms with Crippen molar-refractivity contribution in [3.63, 3.8) is 0 Å². The Balaban J connectivity index is 1.66. The number of nitrogens with zero attached hydrogens (tertiary/aromatic N) is 4. The molecule has 0 aliphatic heterocycles. The Morgan fingerprint density at radius 3 is 2.84 bits per heavy atom. The third kappa shape index (κ3) is 3.25. The number of imidazole rings is 1. The van der Waals surface area contributed by atoms with Crippen LogP contribution in [-0.2, 0) is 4.79 Å². The summed E-state index contributed by atoms with van der Waals surface area (Å²) in [6, 6.07) is 12.0. The van der Waals surface area contributed by atoms with E-state index in [-0.39, 0.29) is 5.91 Å². The molecule has 1 fully saturated rings. The third-order valence-electron chi connectivity index (χ3n) is 4.51. The summed E-state index contributed by atoms with van der Waals surface area (Å²) in [6.07, 6.45) is 6.02. The van der Waals surface area contributed by atoms with E-state index in [1.165, 1.54) is 12.8 Å². The summed E-state index contributed by atoms with van der Waals surface area (Å²) in [7, 11) is 0. The Kier molecular flexibility index (Phi) is 4.19. The lowest BCUT2D eigenvalue weighted by Gasteiger charge is -2.19. The summed E-state index contributed by atoms with van der Waals surface area (Å²) in [5.74, 6) is 0.655. The first-order chi connectivity index (χ1) is 12.3. The number of fused-ring (bicyclic) bond motifs is 1.